The molecule has 0 aliphatic rings. The zero-order valence-corrected chi connectivity index (χ0v) is 8.49. The summed E-state index contributed by atoms with van der Waals surface area (Å²) >= 11 is 8.91. The molecule has 0 aliphatic heterocycles. The first kappa shape index (κ1) is 9.68. The first-order chi connectivity index (χ1) is 5.66. The van der Waals surface area contributed by atoms with E-state index in [1.54, 1.807) is 0 Å². The van der Waals surface area contributed by atoms with Gasteiger partial charge in [0.15, 0.2) is 0 Å². The number of halogens is 3. The Balaban J connectivity index is 3.21. The van der Waals surface area contributed by atoms with Crippen molar-refractivity contribution in [2.45, 2.75) is 0 Å². The number of nitrogens with zero attached hydrogens (tertiary/aromatic N) is 1. The van der Waals surface area contributed by atoms with Gasteiger partial charge in [-0.1, -0.05) is 34.1 Å². The largest absolute Gasteiger partial charge is 0.228 e. The fourth-order valence-corrected chi connectivity index (χ4v) is 1.34. The van der Waals surface area contributed by atoms with Crippen molar-refractivity contribution < 1.29 is 4.39 Å². The molecule has 0 radical (unpaired) electrons. The zero-order chi connectivity index (χ0) is 9.14. The second-order valence-electron chi connectivity index (χ2n) is 2.20. The van der Waals surface area contributed by atoms with E-state index in [0.717, 1.165) is 0 Å². The zero-order valence-electron chi connectivity index (χ0n) is 6.15. The third kappa shape index (κ3) is 1.84. The van der Waals surface area contributed by atoms with Crippen molar-refractivity contribution in [3.63, 3.8) is 0 Å². The molecule has 0 bridgehead atoms. The number of allylic oxidation sites excluding steroid dienone is 1. The maximum absolute atomic E-state index is 13.0. The van der Waals surface area contributed by atoms with Gasteiger partial charge >= 0.3 is 0 Å². The van der Waals surface area contributed by atoms with Crippen molar-refractivity contribution >= 4 is 33.1 Å². The molecule has 0 spiro atoms. The number of pyridine rings is 1. The Bertz CT molecular complexity index is 294. The van der Waals surface area contributed by atoms with Crippen LogP contribution in [0.4, 0.5) is 4.39 Å². The van der Waals surface area contributed by atoms with Crippen LogP contribution in [0.15, 0.2) is 18.8 Å². The van der Waals surface area contributed by atoms with E-state index in [-0.39, 0.29) is 5.56 Å². The lowest BCUT2D eigenvalue weighted by molar-refractivity contribution is 0.580. The summed E-state index contributed by atoms with van der Waals surface area (Å²) in [5.41, 5.74) is 0.877. The molecule has 0 aromatic carbocycles. The number of hydrogen-bond donors (Lipinski definition) is 0. The topological polar surface area (TPSA) is 12.9 Å². The highest BCUT2D eigenvalue weighted by Gasteiger charge is 2.09. The summed E-state index contributed by atoms with van der Waals surface area (Å²) in [6, 6.07) is 1.54. The molecule has 0 aliphatic carbocycles. The molecular formula is C8H6BrClFN. The molecule has 1 heterocycles. The van der Waals surface area contributed by atoms with Crippen molar-refractivity contribution in [2.24, 2.45) is 0 Å². The van der Waals surface area contributed by atoms with Gasteiger partial charge in [-0.05, 0) is 11.6 Å². The lowest BCUT2D eigenvalue weighted by Gasteiger charge is -2.04. The van der Waals surface area contributed by atoms with Gasteiger partial charge in [-0.15, -0.1) is 0 Å². The van der Waals surface area contributed by atoms with Gasteiger partial charge in [-0.25, -0.2) is 4.98 Å². The second kappa shape index (κ2) is 4.01. The van der Waals surface area contributed by atoms with Gasteiger partial charge in [0.2, 0.25) is 5.95 Å². The van der Waals surface area contributed by atoms with E-state index in [9.17, 15) is 4.39 Å². The van der Waals surface area contributed by atoms with Crippen LogP contribution in [-0.2, 0) is 0 Å². The van der Waals surface area contributed by atoms with Crippen molar-refractivity contribution in [1.82, 2.24) is 4.98 Å². The predicted octanol–water partition coefficient (Wildman–Crippen LogP) is 3.28. The summed E-state index contributed by atoms with van der Waals surface area (Å²) in [5, 5.41) is 0.821. The normalized spacial score (nSPS) is 9.92. The smallest absolute Gasteiger partial charge is 0.221 e. The number of rotatable bonds is 2. The quantitative estimate of drug-likeness (QED) is 0.580. The summed E-state index contributed by atoms with van der Waals surface area (Å²) in [6.07, 6.45) is 1.32. The van der Waals surface area contributed by atoms with Crippen LogP contribution in [0.2, 0.25) is 5.02 Å². The SMILES string of the molecule is C=C(CBr)c1c(Cl)ccnc1F. The fraction of sp³-hybridized carbons (Fsp3) is 0.125. The monoisotopic (exact) mass is 249 g/mol. The third-order valence-electron chi connectivity index (χ3n) is 1.37. The Morgan fingerprint density at radius 2 is 2.42 bits per heavy atom. The molecule has 1 rings (SSSR count). The Morgan fingerprint density at radius 3 is 2.92 bits per heavy atom. The highest BCUT2D eigenvalue weighted by atomic mass is 79.9. The minimum atomic E-state index is -0.577. The first-order valence-corrected chi connectivity index (χ1v) is 4.71. The van der Waals surface area contributed by atoms with Crippen molar-refractivity contribution in [3.8, 4) is 0 Å². The summed E-state index contributed by atoms with van der Waals surface area (Å²) in [4.78, 5) is 3.48. The van der Waals surface area contributed by atoms with Crippen LogP contribution >= 0.6 is 27.5 Å². The molecule has 1 nitrogen and oxygen atoms in total. The van der Waals surface area contributed by atoms with E-state index in [2.05, 4.69) is 27.5 Å². The maximum Gasteiger partial charge on any atom is 0.221 e. The molecule has 0 saturated heterocycles. The van der Waals surface area contributed by atoms with Crippen LogP contribution in [-0.4, -0.2) is 10.3 Å². The van der Waals surface area contributed by atoms with Crippen molar-refractivity contribution in [2.75, 3.05) is 5.33 Å². The minimum absolute atomic E-state index is 0.288. The highest BCUT2D eigenvalue weighted by molar-refractivity contribution is 9.09. The van der Waals surface area contributed by atoms with Crippen molar-refractivity contribution in [1.29, 1.82) is 0 Å². The Labute approximate surface area is 83.4 Å². The molecule has 0 N–H and O–H groups in total. The van der Waals surface area contributed by atoms with Gasteiger partial charge in [-0.2, -0.15) is 4.39 Å². The molecule has 4 heteroatoms. The minimum Gasteiger partial charge on any atom is -0.228 e. The van der Waals surface area contributed by atoms with Gasteiger partial charge < -0.3 is 0 Å². The average Bonchev–Trinajstić information content (AvgIpc) is 2.03. The third-order valence-corrected chi connectivity index (χ3v) is 2.36. The molecular weight excluding hydrogens is 244 g/mol. The molecule has 0 atom stereocenters. The van der Waals surface area contributed by atoms with E-state index in [4.69, 9.17) is 11.6 Å². The average molecular weight is 250 g/mol. The van der Waals surface area contributed by atoms with Gasteiger partial charge in [0.05, 0.1) is 10.6 Å². The predicted molar refractivity (Wildman–Crippen MR) is 52.0 cm³/mol. The van der Waals surface area contributed by atoms with Crippen LogP contribution in [0, 0.1) is 5.95 Å². The molecule has 12 heavy (non-hydrogen) atoms. The Kier molecular flexibility index (Phi) is 3.23. The molecule has 0 unspecified atom stereocenters. The van der Waals surface area contributed by atoms with Crippen molar-refractivity contribution in [3.05, 3.63) is 35.4 Å². The van der Waals surface area contributed by atoms with E-state index >= 15 is 0 Å². The van der Waals surface area contributed by atoms with Crippen LogP contribution in [0.3, 0.4) is 0 Å². The van der Waals surface area contributed by atoms with Crippen LogP contribution in [0.1, 0.15) is 5.56 Å². The number of hydrogen-bond acceptors (Lipinski definition) is 1. The molecule has 1 aromatic rings. The van der Waals surface area contributed by atoms with Gasteiger partial charge in [0.25, 0.3) is 0 Å². The summed E-state index contributed by atoms with van der Waals surface area (Å²) in [6.45, 7) is 3.65. The van der Waals surface area contributed by atoms with E-state index < -0.39 is 5.95 Å². The molecule has 1 aromatic heterocycles. The molecule has 0 fully saturated rings. The van der Waals surface area contributed by atoms with E-state index in [1.807, 2.05) is 0 Å². The standard InChI is InChI=1S/C8H6BrClFN/c1-5(4-9)7-6(10)2-3-12-8(7)11/h2-3H,1,4H2. The molecule has 0 amide bonds. The van der Waals surface area contributed by atoms with Gasteiger partial charge in [0, 0.05) is 11.5 Å². The molecule has 0 saturated carbocycles. The number of alkyl halides is 1. The summed E-state index contributed by atoms with van der Waals surface area (Å²) in [7, 11) is 0. The fourth-order valence-electron chi connectivity index (χ4n) is 0.796. The Morgan fingerprint density at radius 1 is 1.75 bits per heavy atom. The Hall–Kier alpha value is -0.410. The first-order valence-electron chi connectivity index (χ1n) is 3.21. The van der Waals surface area contributed by atoms with Crippen LogP contribution in [0.5, 0.6) is 0 Å². The lowest BCUT2D eigenvalue weighted by Crippen LogP contribution is -1.93. The van der Waals surface area contributed by atoms with Crippen LogP contribution < -0.4 is 0 Å². The summed E-state index contributed by atoms with van der Waals surface area (Å²) in [5.74, 6) is -0.577. The summed E-state index contributed by atoms with van der Waals surface area (Å²) < 4.78 is 13.0. The van der Waals surface area contributed by atoms with Gasteiger partial charge in [-0.3, -0.25) is 0 Å². The van der Waals surface area contributed by atoms with Crippen LogP contribution in [0.25, 0.3) is 5.57 Å². The maximum atomic E-state index is 13.0. The van der Waals surface area contributed by atoms with Gasteiger partial charge in [0.1, 0.15) is 0 Å². The second-order valence-corrected chi connectivity index (χ2v) is 3.16. The van der Waals surface area contributed by atoms with E-state index in [0.29, 0.717) is 15.9 Å². The van der Waals surface area contributed by atoms with E-state index in [1.165, 1.54) is 12.3 Å². The molecule has 64 valence electrons. The number of aromatic nitrogens is 1. The lowest BCUT2D eigenvalue weighted by atomic mass is 10.1. The highest BCUT2D eigenvalue weighted by Crippen LogP contribution is 2.25.